The molecular formula is C20H15F2N3O. The number of ether oxygens (including phenoxy) is 1. The lowest BCUT2D eigenvalue weighted by Crippen LogP contribution is -2.24. The Bertz CT molecular complexity index is 1020. The molecule has 1 saturated heterocycles. The lowest BCUT2D eigenvalue weighted by atomic mass is 10.0. The summed E-state index contributed by atoms with van der Waals surface area (Å²) in [7, 11) is 0. The molecule has 0 aliphatic carbocycles. The van der Waals surface area contributed by atoms with E-state index < -0.39 is 17.7 Å². The van der Waals surface area contributed by atoms with Crippen molar-refractivity contribution < 1.29 is 13.5 Å². The first-order valence-electron chi connectivity index (χ1n) is 8.28. The largest absolute Gasteiger partial charge is 0.378 e. The smallest absolute Gasteiger partial charge is 0.159 e. The molecule has 130 valence electrons. The fourth-order valence-electron chi connectivity index (χ4n) is 3.32. The molecule has 2 unspecified atom stereocenters. The van der Waals surface area contributed by atoms with Crippen LogP contribution in [0.4, 0.5) is 14.5 Å². The first-order valence-corrected chi connectivity index (χ1v) is 8.28. The minimum atomic E-state index is -0.899. The van der Waals surface area contributed by atoms with Crippen LogP contribution in [0, 0.1) is 23.0 Å². The Labute approximate surface area is 149 Å². The van der Waals surface area contributed by atoms with E-state index in [2.05, 4.69) is 16.4 Å². The summed E-state index contributed by atoms with van der Waals surface area (Å²) in [5, 5.41) is 13.7. The average Bonchev–Trinajstić information content (AvgIpc) is 3.12. The van der Waals surface area contributed by atoms with E-state index in [0.717, 1.165) is 23.0 Å². The van der Waals surface area contributed by atoms with Crippen LogP contribution in [0.15, 0.2) is 48.7 Å². The Morgan fingerprint density at radius 3 is 2.81 bits per heavy atom. The van der Waals surface area contributed by atoms with Crippen LogP contribution in [-0.4, -0.2) is 17.6 Å². The SMILES string of the molecule is N#Cc1cnc2ccccc2c1NC1CCOC1c1ccc(F)c(F)c1. The lowest BCUT2D eigenvalue weighted by molar-refractivity contribution is 0.107. The van der Waals surface area contributed by atoms with E-state index in [1.807, 2.05) is 24.3 Å². The van der Waals surface area contributed by atoms with Gasteiger partial charge < -0.3 is 10.1 Å². The number of fused-ring (bicyclic) bond motifs is 1. The summed E-state index contributed by atoms with van der Waals surface area (Å²) in [5.74, 6) is -1.79. The van der Waals surface area contributed by atoms with Gasteiger partial charge in [0.05, 0.1) is 22.8 Å². The third kappa shape index (κ3) is 2.87. The molecule has 1 aliphatic heterocycles. The van der Waals surface area contributed by atoms with Crippen LogP contribution >= 0.6 is 0 Å². The second kappa shape index (κ2) is 6.70. The first kappa shape index (κ1) is 16.4. The number of pyridine rings is 1. The number of benzene rings is 2. The van der Waals surface area contributed by atoms with Crippen LogP contribution in [0.3, 0.4) is 0 Å². The predicted molar refractivity (Wildman–Crippen MR) is 93.5 cm³/mol. The molecule has 2 aromatic carbocycles. The molecule has 3 aromatic rings. The van der Waals surface area contributed by atoms with Crippen molar-refractivity contribution in [2.24, 2.45) is 0 Å². The van der Waals surface area contributed by atoms with E-state index in [1.54, 1.807) is 0 Å². The maximum Gasteiger partial charge on any atom is 0.159 e. The van der Waals surface area contributed by atoms with Crippen molar-refractivity contribution in [3.63, 3.8) is 0 Å². The summed E-state index contributed by atoms with van der Waals surface area (Å²) in [5.41, 5.74) is 2.45. The summed E-state index contributed by atoms with van der Waals surface area (Å²) in [4.78, 5) is 4.30. The Balaban J connectivity index is 1.71. The Kier molecular flexibility index (Phi) is 4.23. The van der Waals surface area contributed by atoms with Crippen molar-refractivity contribution in [2.45, 2.75) is 18.6 Å². The summed E-state index contributed by atoms with van der Waals surface area (Å²) < 4.78 is 32.6. The number of anilines is 1. The van der Waals surface area contributed by atoms with Crippen molar-refractivity contribution in [3.05, 3.63) is 71.4 Å². The normalized spacial score (nSPS) is 19.4. The van der Waals surface area contributed by atoms with Gasteiger partial charge in [0.1, 0.15) is 12.2 Å². The molecule has 26 heavy (non-hydrogen) atoms. The zero-order valence-electron chi connectivity index (χ0n) is 13.7. The third-order valence-electron chi connectivity index (χ3n) is 4.59. The van der Waals surface area contributed by atoms with Gasteiger partial charge in [0.15, 0.2) is 11.6 Å². The van der Waals surface area contributed by atoms with Gasteiger partial charge in [-0.2, -0.15) is 5.26 Å². The molecule has 0 spiro atoms. The highest BCUT2D eigenvalue weighted by Gasteiger charge is 2.31. The maximum atomic E-state index is 13.6. The first-order chi connectivity index (χ1) is 12.7. The molecule has 0 saturated carbocycles. The third-order valence-corrected chi connectivity index (χ3v) is 4.59. The minimum absolute atomic E-state index is 0.169. The highest BCUT2D eigenvalue weighted by atomic mass is 19.2. The standard InChI is InChI=1S/C20H15F2N3O/c21-15-6-5-12(9-16(15)22)20-18(7-8-26-20)25-19-13(10-23)11-24-17-4-2-1-3-14(17)19/h1-6,9,11,18,20H,7-8H2,(H,24,25). The number of hydrogen-bond donors (Lipinski definition) is 1. The van der Waals surface area contributed by atoms with E-state index in [-0.39, 0.29) is 6.04 Å². The number of aromatic nitrogens is 1. The molecule has 1 N–H and O–H groups in total. The van der Waals surface area contributed by atoms with Crippen molar-refractivity contribution in [1.29, 1.82) is 5.26 Å². The van der Waals surface area contributed by atoms with Gasteiger partial charge in [0, 0.05) is 18.2 Å². The zero-order chi connectivity index (χ0) is 18.1. The highest BCUT2D eigenvalue weighted by Crippen LogP contribution is 2.35. The number of rotatable bonds is 3. The topological polar surface area (TPSA) is 57.9 Å². The predicted octanol–water partition coefficient (Wildman–Crippen LogP) is 4.33. The van der Waals surface area contributed by atoms with Crippen LogP contribution in [0.2, 0.25) is 0 Å². The van der Waals surface area contributed by atoms with Crippen LogP contribution in [-0.2, 0) is 4.74 Å². The molecule has 0 bridgehead atoms. The van der Waals surface area contributed by atoms with Crippen LogP contribution in [0.5, 0.6) is 0 Å². The summed E-state index contributed by atoms with van der Waals surface area (Å²) in [6.45, 7) is 0.492. The van der Waals surface area contributed by atoms with Crippen molar-refractivity contribution in [1.82, 2.24) is 4.98 Å². The quantitative estimate of drug-likeness (QED) is 0.763. The minimum Gasteiger partial charge on any atom is -0.378 e. The van der Waals surface area contributed by atoms with Gasteiger partial charge in [0.25, 0.3) is 0 Å². The Morgan fingerprint density at radius 1 is 1.15 bits per heavy atom. The van der Waals surface area contributed by atoms with Crippen molar-refractivity contribution in [2.75, 3.05) is 11.9 Å². The average molecular weight is 351 g/mol. The number of nitrogens with one attached hydrogen (secondary N) is 1. The second-order valence-electron chi connectivity index (χ2n) is 6.18. The van der Waals surface area contributed by atoms with Gasteiger partial charge >= 0.3 is 0 Å². The Hall–Kier alpha value is -3.04. The van der Waals surface area contributed by atoms with Gasteiger partial charge in [-0.15, -0.1) is 0 Å². The molecule has 4 rings (SSSR count). The molecule has 2 atom stereocenters. The number of hydrogen-bond acceptors (Lipinski definition) is 4. The lowest BCUT2D eigenvalue weighted by Gasteiger charge is -2.23. The molecule has 6 heteroatoms. The molecule has 2 heterocycles. The van der Waals surface area contributed by atoms with Gasteiger partial charge in [-0.25, -0.2) is 8.78 Å². The molecule has 4 nitrogen and oxygen atoms in total. The van der Waals surface area contributed by atoms with Crippen molar-refractivity contribution in [3.8, 4) is 6.07 Å². The zero-order valence-corrected chi connectivity index (χ0v) is 13.7. The fraction of sp³-hybridized carbons (Fsp3) is 0.200. The molecular weight excluding hydrogens is 336 g/mol. The highest BCUT2D eigenvalue weighted by molar-refractivity contribution is 5.94. The monoisotopic (exact) mass is 351 g/mol. The Morgan fingerprint density at radius 2 is 2.00 bits per heavy atom. The van der Waals surface area contributed by atoms with Crippen LogP contribution in [0.1, 0.15) is 23.7 Å². The molecule has 1 aliphatic rings. The van der Waals surface area contributed by atoms with Gasteiger partial charge in [-0.1, -0.05) is 24.3 Å². The maximum absolute atomic E-state index is 13.6. The fourth-order valence-corrected chi connectivity index (χ4v) is 3.32. The summed E-state index contributed by atoms with van der Waals surface area (Å²) in [6.07, 6.45) is 1.79. The van der Waals surface area contributed by atoms with Gasteiger partial charge in [-0.3, -0.25) is 4.98 Å². The van der Waals surface area contributed by atoms with E-state index in [0.29, 0.717) is 29.8 Å². The number of halogens is 2. The van der Waals surface area contributed by atoms with Gasteiger partial charge in [0.2, 0.25) is 0 Å². The molecule has 0 radical (unpaired) electrons. The van der Waals surface area contributed by atoms with Crippen LogP contribution in [0.25, 0.3) is 10.9 Å². The molecule has 0 amide bonds. The van der Waals surface area contributed by atoms with E-state index in [4.69, 9.17) is 4.74 Å². The molecule has 1 aromatic heterocycles. The number of para-hydroxylation sites is 1. The number of nitriles is 1. The van der Waals surface area contributed by atoms with E-state index in [9.17, 15) is 14.0 Å². The van der Waals surface area contributed by atoms with Crippen LogP contribution < -0.4 is 5.32 Å². The summed E-state index contributed by atoms with van der Waals surface area (Å²) >= 11 is 0. The van der Waals surface area contributed by atoms with Crippen molar-refractivity contribution >= 4 is 16.6 Å². The summed E-state index contributed by atoms with van der Waals surface area (Å²) in [6, 6.07) is 13.3. The molecule has 1 fully saturated rings. The van der Waals surface area contributed by atoms with E-state index >= 15 is 0 Å². The second-order valence-corrected chi connectivity index (χ2v) is 6.18. The number of nitrogens with zero attached hydrogens (tertiary/aromatic N) is 2. The van der Waals surface area contributed by atoms with Gasteiger partial charge in [-0.05, 0) is 30.2 Å². The van der Waals surface area contributed by atoms with E-state index in [1.165, 1.54) is 12.3 Å².